The van der Waals surface area contributed by atoms with Crippen LogP contribution in [0.1, 0.15) is 31.9 Å². The average Bonchev–Trinajstić information content (AvgIpc) is 3.17. The van der Waals surface area contributed by atoms with Crippen LogP contribution in [0.25, 0.3) is 0 Å². The van der Waals surface area contributed by atoms with Gasteiger partial charge in [0.15, 0.2) is 5.96 Å². The van der Waals surface area contributed by atoms with Gasteiger partial charge in [0.25, 0.3) is 0 Å². The van der Waals surface area contributed by atoms with E-state index in [2.05, 4.69) is 22.5 Å². The van der Waals surface area contributed by atoms with Crippen molar-refractivity contribution in [3.63, 3.8) is 0 Å². The second-order valence-electron chi connectivity index (χ2n) is 6.54. The Hall–Kier alpha value is -1.25. The number of carbonyl (C=O) groups excluding carboxylic acids is 1. The predicted molar refractivity (Wildman–Crippen MR) is 105 cm³/mol. The molecule has 1 aromatic heterocycles. The molecule has 6 nitrogen and oxygen atoms in total. The number of nitrogens with one attached hydrogen (secondary N) is 2. The quantitative estimate of drug-likeness (QED) is 0.422. The van der Waals surface area contributed by atoms with E-state index >= 15 is 0 Å². The monoisotopic (exact) mass is 446 g/mol. The molecule has 24 heavy (non-hydrogen) atoms. The summed E-state index contributed by atoms with van der Waals surface area (Å²) in [5, 5.41) is 6.38. The van der Waals surface area contributed by atoms with Crippen molar-refractivity contribution in [3.8, 4) is 0 Å². The van der Waals surface area contributed by atoms with Crippen LogP contribution in [-0.4, -0.2) is 49.5 Å². The van der Waals surface area contributed by atoms with E-state index in [1.807, 2.05) is 12.1 Å². The third kappa shape index (κ3) is 4.64. The molecule has 2 fully saturated rings. The first-order valence-electron chi connectivity index (χ1n) is 8.53. The molecule has 1 unspecified atom stereocenters. The van der Waals surface area contributed by atoms with E-state index in [0.717, 1.165) is 57.2 Å². The number of hydrogen-bond donors (Lipinski definition) is 2. The van der Waals surface area contributed by atoms with Crippen LogP contribution in [0, 0.1) is 5.41 Å². The molecule has 134 valence electrons. The number of likely N-dealkylation sites (tertiary alicyclic amines) is 1. The molecule has 1 spiro atoms. The van der Waals surface area contributed by atoms with Crippen LogP contribution in [0.4, 0.5) is 0 Å². The van der Waals surface area contributed by atoms with Crippen LogP contribution in [-0.2, 0) is 11.2 Å². The van der Waals surface area contributed by atoms with Crippen molar-refractivity contribution in [2.24, 2.45) is 10.4 Å². The van der Waals surface area contributed by atoms with Crippen LogP contribution >= 0.6 is 24.0 Å². The number of hydrogen-bond acceptors (Lipinski definition) is 3. The molecule has 2 aliphatic rings. The van der Waals surface area contributed by atoms with Gasteiger partial charge >= 0.3 is 0 Å². The highest BCUT2D eigenvalue weighted by Crippen LogP contribution is 2.35. The Morgan fingerprint density at radius 2 is 2.42 bits per heavy atom. The zero-order valence-electron chi connectivity index (χ0n) is 14.2. The summed E-state index contributed by atoms with van der Waals surface area (Å²) in [5.41, 5.74) is 0.0898. The molecule has 1 amide bonds. The first kappa shape index (κ1) is 19.1. The fourth-order valence-electron chi connectivity index (χ4n) is 3.58. The minimum Gasteiger partial charge on any atom is -0.469 e. The van der Waals surface area contributed by atoms with Crippen LogP contribution in [0.2, 0.25) is 0 Å². The highest BCUT2D eigenvalue weighted by Gasteiger charge is 2.42. The first-order chi connectivity index (χ1) is 11.2. The molecule has 7 heteroatoms. The van der Waals surface area contributed by atoms with Gasteiger partial charge in [-0.1, -0.05) is 0 Å². The molecule has 0 aliphatic carbocycles. The standard InChI is InChI=1S/C17H26N4O2.HI/c1-2-18-16(19-8-6-14-5-3-10-23-14)21-9-4-7-17(13-21)11-15(22)20-12-17;/h3,5,10H,2,4,6-9,11-13H2,1H3,(H,18,19)(H,20,22);1H. The Morgan fingerprint density at radius 1 is 1.54 bits per heavy atom. The number of amides is 1. The predicted octanol–water partition coefficient (Wildman–Crippen LogP) is 2.01. The molecule has 0 aromatic carbocycles. The van der Waals surface area contributed by atoms with Gasteiger partial charge in [0.05, 0.1) is 6.26 Å². The largest absolute Gasteiger partial charge is 0.469 e. The summed E-state index contributed by atoms with van der Waals surface area (Å²) in [4.78, 5) is 18.7. The van der Waals surface area contributed by atoms with Crippen molar-refractivity contribution in [1.82, 2.24) is 15.5 Å². The van der Waals surface area contributed by atoms with Crippen molar-refractivity contribution in [2.75, 3.05) is 32.7 Å². The normalized spacial score (nSPS) is 24.0. The van der Waals surface area contributed by atoms with Gasteiger partial charge in [-0.2, -0.15) is 0 Å². The molecule has 2 aliphatic heterocycles. The van der Waals surface area contributed by atoms with Crippen LogP contribution in [0.5, 0.6) is 0 Å². The minimum absolute atomic E-state index is 0. The number of guanidine groups is 1. The summed E-state index contributed by atoms with van der Waals surface area (Å²) >= 11 is 0. The lowest BCUT2D eigenvalue weighted by atomic mass is 9.79. The van der Waals surface area contributed by atoms with Crippen molar-refractivity contribution < 1.29 is 9.21 Å². The van der Waals surface area contributed by atoms with Gasteiger partial charge in [0.2, 0.25) is 5.91 Å². The molecule has 3 heterocycles. The third-order valence-corrected chi connectivity index (χ3v) is 4.69. The summed E-state index contributed by atoms with van der Waals surface area (Å²) in [6.07, 6.45) is 5.38. The number of nitrogens with zero attached hydrogens (tertiary/aromatic N) is 2. The summed E-state index contributed by atoms with van der Waals surface area (Å²) in [6.45, 7) is 6.34. The summed E-state index contributed by atoms with van der Waals surface area (Å²) in [5.74, 6) is 2.11. The Bertz CT molecular complexity index is 561. The lowest BCUT2D eigenvalue weighted by Crippen LogP contribution is -2.51. The zero-order chi connectivity index (χ0) is 16.1. The molecular formula is C17H27IN4O2. The number of piperidine rings is 1. The molecule has 2 saturated heterocycles. The average molecular weight is 446 g/mol. The van der Waals surface area contributed by atoms with Gasteiger partial charge in [-0.3, -0.25) is 9.79 Å². The maximum atomic E-state index is 11.6. The van der Waals surface area contributed by atoms with Crippen molar-refractivity contribution in [1.29, 1.82) is 0 Å². The van der Waals surface area contributed by atoms with E-state index in [1.54, 1.807) is 6.26 Å². The molecule has 0 saturated carbocycles. The Kier molecular flexibility index (Phi) is 6.94. The SMILES string of the molecule is CCNC(=NCCc1ccco1)N1CCCC2(CNC(=O)C2)C1.I. The third-order valence-electron chi connectivity index (χ3n) is 4.69. The van der Waals surface area contributed by atoms with Gasteiger partial charge in [-0.25, -0.2) is 0 Å². The highest BCUT2D eigenvalue weighted by molar-refractivity contribution is 14.0. The maximum Gasteiger partial charge on any atom is 0.220 e. The van der Waals surface area contributed by atoms with E-state index in [1.165, 1.54) is 0 Å². The second kappa shape index (κ2) is 8.73. The van der Waals surface area contributed by atoms with E-state index in [-0.39, 0.29) is 35.3 Å². The summed E-state index contributed by atoms with van der Waals surface area (Å²) < 4.78 is 5.36. The minimum atomic E-state index is 0. The molecular weight excluding hydrogens is 419 g/mol. The van der Waals surface area contributed by atoms with Gasteiger partial charge < -0.3 is 20.0 Å². The fourth-order valence-corrected chi connectivity index (χ4v) is 3.58. The van der Waals surface area contributed by atoms with Crippen molar-refractivity contribution in [3.05, 3.63) is 24.2 Å². The number of carbonyl (C=O) groups is 1. The summed E-state index contributed by atoms with van der Waals surface area (Å²) in [7, 11) is 0. The lowest BCUT2D eigenvalue weighted by molar-refractivity contribution is -0.119. The van der Waals surface area contributed by atoms with Gasteiger partial charge in [0, 0.05) is 51.0 Å². The molecule has 0 radical (unpaired) electrons. The van der Waals surface area contributed by atoms with E-state index in [0.29, 0.717) is 13.0 Å². The van der Waals surface area contributed by atoms with Crippen molar-refractivity contribution in [2.45, 2.75) is 32.6 Å². The zero-order valence-corrected chi connectivity index (χ0v) is 16.5. The fraction of sp³-hybridized carbons (Fsp3) is 0.647. The number of halogens is 1. The maximum absolute atomic E-state index is 11.6. The highest BCUT2D eigenvalue weighted by atomic mass is 127. The van der Waals surface area contributed by atoms with E-state index < -0.39 is 0 Å². The lowest BCUT2D eigenvalue weighted by Gasteiger charge is -2.40. The molecule has 3 rings (SSSR count). The van der Waals surface area contributed by atoms with E-state index in [9.17, 15) is 4.79 Å². The Morgan fingerprint density at radius 3 is 3.08 bits per heavy atom. The summed E-state index contributed by atoms with van der Waals surface area (Å²) in [6, 6.07) is 3.89. The number of furan rings is 1. The molecule has 1 aromatic rings. The van der Waals surface area contributed by atoms with E-state index in [4.69, 9.17) is 9.41 Å². The second-order valence-corrected chi connectivity index (χ2v) is 6.54. The van der Waals surface area contributed by atoms with Crippen LogP contribution in [0.3, 0.4) is 0 Å². The first-order valence-corrected chi connectivity index (χ1v) is 8.53. The molecule has 0 bridgehead atoms. The Balaban J connectivity index is 0.00000208. The van der Waals surface area contributed by atoms with Crippen LogP contribution in [0.15, 0.2) is 27.8 Å². The molecule has 1 atom stereocenters. The smallest absolute Gasteiger partial charge is 0.220 e. The van der Waals surface area contributed by atoms with Crippen molar-refractivity contribution >= 4 is 35.8 Å². The molecule has 2 N–H and O–H groups in total. The Labute approximate surface area is 160 Å². The van der Waals surface area contributed by atoms with Crippen LogP contribution < -0.4 is 10.6 Å². The number of aliphatic imine (C=N–C) groups is 1. The number of rotatable bonds is 4. The van der Waals surface area contributed by atoms with Gasteiger partial charge in [0.1, 0.15) is 5.76 Å². The van der Waals surface area contributed by atoms with Gasteiger partial charge in [-0.05, 0) is 31.9 Å². The topological polar surface area (TPSA) is 69.9 Å². The van der Waals surface area contributed by atoms with Gasteiger partial charge in [-0.15, -0.1) is 24.0 Å².